The number of rotatable bonds is 3. The highest BCUT2D eigenvalue weighted by Crippen LogP contribution is 2.52. The first-order valence-electron chi connectivity index (χ1n) is 8.23. The second kappa shape index (κ2) is 6.15. The van der Waals surface area contributed by atoms with Crippen LogP contribution in [0, 0.1) is 0 Å². The molecule has 8 nitrogen and oxygen atoms in total. The summed E-state index contributed by atoms with van der Waals surface area (Å²) in [7, 11) is 1.25. The lowest BCUT2D eigenvalue weighted by atomic mass is 9.92. The van der Waals surface area contributed by atoms with Gasteiger partial charge >= 0.3 is 5.97 Å². The fourth-order valence-corrected chi connectivity index (χ4v) is 3.80. The third-order valence-electron chi connectivity index (χ3n) is 5.08. The summed E-state index contributed by atoms with van der Waals surface area (Å²) in [6.45, 7) is 0. The summed E-state index contributed by atoms with van der Waals surface area (Å²) in [6, 6.07) is 6.29. The van der Waals surface area contributed by atoms with E-state index in [1.807, 2.05) is 0 Å². The number of carbonyl (C=O) groups excluding carboxylic acids is 2. The molecule has 2 bridgehead atoms. The molecule has 1 aromatic heterocycles. The number of aliphatic hydroxyl groups is 2. The lowest BCUT2D eigenvalue weighted by molar-refractivity contribution is 0.0207. The summed E-state index contributed by atoms with van der Waals surface area (Å²) in [5.41, 5.74) is 1.76. The lowest BCUT2D eigenvalue weighted by Crippen LogP contribution is -2.32. The minimum atomic E-state index is -0.856. The number of anilines is 1. The molecule has 1 aromatic carbocycles. The van der Waals surface area contributed by atoms with Gasteiger partial charge in [-0.25, -0.2) is 14.8 Å². The van der Waals surface area contributed by atoms with E-state index >= 15 is 0 Å². The molecule has 0 unspecified atom stereocenters. The van der Waals surface area contributed by atoms with Crippen molar-refractivity contribution in [3.63, 3.8) is 0 Å². The van der Waals surface area contributed by atoms with Gasteiger partial charge in [-0.2, -0.15) is 0 Å². The third-order valence-corrected chi connectivity index (χ3v) is 5.08. The van der Waals surface area contributed by atoms with Gasteiger partial charge in [0.15, 0.2) is 0 Å². The summed E-state index contributed by atoms with van der Waals surface area (Å²) in [5, 5.41) is 22.6. The minimum absolute atomic E-state index is 0.0858. The quantitative estimate of drug-likeness (QED) is 0.697. The van der Waals surface area contributed by atoms with Crippen LogP contribution in [0.1, 0.15) is 50.2 Å². The zero-order valence-electron chi connectivity index (χ0n) is 13.9. The largest absolute Gasteiger partial charge is 0.465 e. The molecule has 2 aliphatic rings. The van der Waals surface area contributed by atoms with Crippen molar-refractivity contribution in [2.24, 2.45) is 0 Å². The molecule has 8 heteroatoms. The molecule has 1 heterocycles. The van der Waals surface area contributed by atoms with E-state index in [2.05, 4.69) is 15.3 Å². The number of esters is 1. The fourth-order valence-electron chi connectivity index (χ4n) is 3.80. The Balaban J connectivity index is 1.60. The second-order valence-corrected chi connectivity index (χ2v) is 6.46. The van der Waals surface area contributed by atoms with Crippen LogP contribution in [0.2, 0.25) is 0 Å². The topological polar surface area (TPSA) is 122 Å². The molecular formula is C18H17N3O5. The van der Waals surface area contributed by atoms with Gasteiger partial charge in [0.1, 0.15) is 0 Å². The van der Waals surface area contributed by atoms with Crippen LogP contribution in [0.15, 0.2) is 30.5 Å². The van der Waals surface area contributed by atoms with Crippen LogP contribution in [-0.2, 0) is 4.74 Å². The maximum atomic E-state index is 12.5. The van der Waals surface area contributed by atoms with Crippen molar-refractivity contribution in [1.29, 1.82) is 0 Å². The highest BCUT2D eigenvalue weighted by molar-refractivity contribution is 6.10. The molecule has 1 fully saturated rings. The van der Waals surface area contributed by atoms with Crippen LogP contribution in [0.4, 0.5) is 5.95 Å². The normalized spacial score (nSPS) is 25.7. The molecule has 0 aliphatic heterocycles. The predicted molar refractivity (Wildman–Crippen MR) is 89.9 cm³/mol. The number of hydrogen-bond donors (Lipinski definition) is 3. The highest BCUT2D eigenvalue weighted by atomic mass is 16.5. The van der Waals surface area contributed by atoms with E-state index in [1.54, 1.807) is 18.3 Å². The zero-order valence-corrected chi connectivity index (χ0v) is 13.9. The van der Waals surface area contributed by atoms with Crippen LogP contribution in [-0.4, -0.2) is 51.4 Å². The molecule has 2 aliphatic carbocycles. The monoisotopic (exact) mass is 355 g/mol. The molecule has 4 rings (SSSR count). The van der Waals surface area contributed by atoms with Gasteiger partial charge < -0.3 is 14.9 Å². The van der Waals surface area contributed by atoms with Gasteiger partial charge in [0.2, 0.25) is 5.95 Å². The summed E-state index contributed by atoms with van der Waals surface area (Å²) in [5.74, 6) is -1.49. The molecule has 26 heavy (non-hydrogen) atoms. The lowest BCUT2D eigenvalue weighted by Gasteiger charge is -2.24. The van der Waals surface area contributed by atoms with E-state index in [0.717, 1.165) is 5.56 Å². The molecule has 1 amide bonds. The van der Waals surface area contributed by atoms with Gasteiger partial charge in [0.25, 0.3) is 5.91 Å². The van der Waals surface area contributed by atoms with E-state index in [9.17, 15) is 19.8 Å². The Morgan fingerprint density at radius 2 is 1.85 bits per heavy atom. The molecule has 134 valence electrons. The first-order chi connectivity index (χ1) is 12.5. The number of nitrogens with one attached hydrogen (secondary N) is 1. The average Bonchev–Trinajstić information content (AvgIpc) is 3.17. The number of aromatic nitrogens is 2. The van der Waals surface area contributed by atoms with E-state index in [1.165, 1.54) is 19.2 Å². The standard InChI is InChI=1S/C18H17N3O5/c1-26-17(25)9-5-3-2-4-8(9)16(24)21-18-19-7-12-10-6-11(13(12)20-18)15(23)14(10)22/h2-5,7,10-11,14-15,22-23H,6H2,1H3,(H,19,20,21,24)/t10-,11+,14-,15+/m0/s1. The van der Waals surface area contributed by atoms with E-state index in [-0.39, 0.29) is 28.9 Å². The Labute approximate surface area is 148 Å². The van der Waals surface area contributed by atoms with Crippen molar-refractivity contribution in [2.75, 3.05) is 12.4 Å². The van der Waals surface area contributed by atoms with Crippen molar-refractivity contribution in [3.05, 3.63) is 52.8 Å². The van der Waals surface area contributed by atoms with Crippen molar-refractivity contribution in [2.45, 2.75) is 30.5 Å². The number of methoxy groups -OCH3 is 1. The molecule has 0 spiro atoms. The van der Waals surface area contributed by atoms with Crippen LogP contribution in [0.25, 0.3) is 0 Å². The molecule has 0 saturated heterocycles. The first-order valence-corrected chi connectivity index (χ1v) is 8.23. The molecular weight excluding hydrogens is 338 g/mol. The van der Waals surface area contributed by atoms with Gasteiger partial charge in [-0.1, -0.05) is 12.1 Å². The number of hydrogen-bond acceptors (Lipinski definition) is 7. The van der Waals surface area contributed by atoms with Gasteiger partial charge in [-0.15, -0.1) is 0 Å². The summed E-state index contributed by atoms with van der Waals surface area (Å²) in [6.07, 6.45) is 0.535. The van der Waals surface area contributed by atoms with Gasteiger partial charge in [-0.05, 0) is 24.1 Å². The Kier molecular flexibility index (Phi) is 3.93. The van der Waals surface area contributed by atoms with Gasteiger partial charge in [0, 0.05) is 18.0 Å². The van der Waals surface area contributed by atoms with Crippen LogP contribution in [0.3, 0.4) is 0 Å². The Bertz CT molecular complexity index is 900. The maximum absolute atomic E-state index is 12.5. The summed E-state index contributed by atoms with van der Waals surface area (Å²) >= 11 is 0. The minimum Gasteiger partial charge on any atom is -0.465 e. The van der Waals surface area contributed by atoms with E-state index in [4.69, 9.17) is 4.74 Å². The van der Waals surface area contributed by atoms with Crippen molar-refractivity contribution in [3.8, 4) is 0 Å². The Morgan fingerprint density at radius 3 is 2.58 bits per heavy atom. The van der Waals surface area contributed by atoms with Crippen LogP contribution in [0.5, 0.6) is 0 Å². The number of ether oxygens (including phenoxy) is 1. The number of amides is 1. The fraction of sp³-hybridized carbons (Fsp3) is 0.333. The second-order valence-electron chi connectivity index (χ2n) is 6.46. The average molecular weight is 355 g/mol. The van der Waals surface area contributed by atoms with Gasteiger partial charge in [0.05, 0.1) is 36.1 Å². The molecule has 3 N–H and O–H groups in total. The maximum Gasteiger partial charge on any atom is 0.338 e. The Morgan fingerprint density at radius 1 is 1.15 bits per heavy atom. The number of benzene rings is 1. The zero-order chi connectivity index (χ0) is 18.4. The van der Waals surface area contributed by atoms with Crippen LogP contribution >= 0.6 is 0 Å². The van der Waals surface area contributed by atoms with Crippen LogP contribution < -0.4 is 5.32 Å². The smallest absolute Gasteiger partial charge is 0.338 e. The molecule has 4 atom stereocenters. The van der Waals surface area contributed by atoms with Gasteiger partial charge in [-0.3, -0.25) is 10.1 Å². The molecule has 1 saturated carbocycles. The van der Waals surface area contributed by atoms with Crippen molar-refractivity contribution in [1.82, 2.24) is 9.97 Å². The number of nitrogens with zero attached hydrogens (tertiary/aromatic N) is 2. The first kappa shape index (κ1) is 16.6. The van der Waals surface area contributed by atoms with Crippen molar-refractivity contribution < 1.29 is 24.5 Å². The number of carbonyl (C=O) groups is 2. The summed E-state index contributed by atoms with van der Waals surface area (Å²) < 4.78 is 4.69. The van der Waals surface area contributed by atoms with E-state index in [0.29, 0.717) is 12.1 Å². The number of fused-ring (bicyclic) bond motifs is 5. The predicted octanol–water partition coefficient (Wildman–Crippen LogP) is 0.822. The van der Waals surface area contributed by atoms with Crippen molar-refractivity contribution >= 4 is 17.8 Å². The van der Waals surface area contributed by atoms with E-state index < -0.39 is 24.1 Å². The Hall–Kier alpha value is -2.84. The highest BCUT2D eigenvalue weighted by Gasteiger charge is 2.51. The molecule has 0 radical (unpaired) electrons. The summed E-state index contributed by atoms with van der Waals surface area (Å²) in [4.78, 5) is 32.8. The third kappa shape index (κ3) is 2.46. The molecule has 2 aromatic rings. The SMILES string of the molecule is COC(=O)c1ccccc1C(=O)Nc1ncc2c(n1)[C@H]1C[C@@H]2[C@H](O)[C@@H]1O. The number of aliphatic hydroxyl groups excluding tert-OH is 2.